The number of carbonyl (C=O) groups excluding carboxylic acids is 1. The Morgan fingerprint density at radius 3 is 2.62 bits per heavy atom. The summed E-state index contributed by atoms with van der Waals surface area (Å²) in [5, 5.41) is 13.6. The smallest absolute Gasteiger partial charge is 0.245 e. The molecule has 0 aliphatic rings. The fourth-order valence-corrected chi connectivity index (χ4v) is 2.67. The lowest BCUT2D eigenvalue weighted by atomic mass is 10.0. The van der Waals surface area contributed by atoms with Crippen molar-refractivity contribution in [1.82, 2.24) is 5.32 Å². The van der Waals surface area contributed by atoms with Gasteiger partial charge in [0, 0.05) is 17.7 Å². The maximum atomic E-state index is 13.8. The Bertz CT molecular complexity index is 1030. The number of rotatable bonds is 4. The van der Waals surface area contributed by atoms with E-state index in [9.17, 15) is 18.8 Å². The van der Waals surface area contributed by atoms with E-state index in [0.29, 0.717) is 6.07 Å². The maximum absolute atomic E-state index is 13.8. The van der Waals surface area contributed by atoms with Crippen molar-refractivity contribution in [1.29, 1.82) is 5.26 Å². The van der Waals surface area contributed by atoms with Gasteiger partial charge in [-0.15, -0.1) is 0 Å². The summed E-state index contributed by atoms with van der Waals surface area (Å²) in [6.07, 6.45) is 2.92. The fourth-order valence-electron chi connectivity index (χ4n) is 2.67. The Labute approximate surface area is 149 Å². The molecule has 0 saturated carbocycles. The molecule has 1 unspecified atom stereocenters. The Hall–Kier alpha value is -3.52. The third kappa shape index (κ3) is 3.76. The highest BCUT2D eigenvalue weighted by atomic mass is 19.1. The third-order valence-electron chi connectivity index (χ3n) is 3.93. The van der Waals surface area contributed by atoms with E-state index < -0.39 is 23.6 Å². The van der Waals surface area contributed by atoms with Crippen LogP contribution in [-0.4, -0.2) is 5.91 Å². The highest BCUT2D eigenvalue weighted by Gasteiger charge is 2.17. The standard InChI is InChI=1S/C21H14F2N2O/c22-16-9-10-18(19(23)12-16)20(13-24)25-21(26)11-8-15-6-3-5-14-4-1-2-7-17(14)15/h1-12,20H,(H,25,26)/b11-8+. The third-order valence-corrected chi connectivity index (χ3v) is 3.93. The minimum Gasteiger partial charge on any atom is -0.333 e. The van der Waals surface area contributed by atoms with E-state index in [1.54, 1.807) is 6.08 Å². The molecule has 0 heterocycles. The Morgan fingerprint density at radius 1 is 1.08 bits per heavy atom. The lowest BCUT2D eigenvalue weighted by Gasteiger charge is -2.11. The molecule has 3 rings (SSSR count). The Kier molecular flexibility index (Phi) is 5.04. The number of nitrogens with zero attached hydrogens (tertiary/aromatic N) is 1. The molecule has 1 atom stereocenters. The normalized spacial score (nSPS) is 12.0. The SMILES string of the molecule is N#CC(NC(=O)/C=C/c1cccc2ccccc12)c1ccc(F)cc1F. The van der Waals surface area contributed by atoms with E-state index in [2.05, 4.69) is 5.32 Å². The molecule has 0 fully saturated rings. The minimum absolute atomic E-state index is 0.0826. The highest BCUT2D eigenvalue weighted by molar-refractivity contribution is 5.96. The van der Waals surface area contributed by atoms with Crippen molar-refractivity contribution in [3.05, 3.63) is 89.5 Å². The number of fused-ring (bicyclic) bond motifs is 1. The number of amides is 1. The van der Waals surface area contributed by atoms with Crippen molar-refractivity contribution in [3.63, 3.8) is 0 Å². The number of nitriles is 1. The van der Waals surface area contributed by atoms with Crippen LogP contribution >= 0.6 is 0 Å². The zero-order chi connectivity index (χ0) is 18.5. The topological polar surface area (TPSA) is 52.9 Å². The second kappa shape index (κ2) is 7.58. The maximum Gasteiger partial charge on any atom is 0.245 e. The summed E-state index contributed by atoms with van der Waals surface area (Å²) in [5.74, 6) is -2.17. The zero-order valence-electron chi connectivity index (χ0n) is 13.6. The van der Waals surface area contributed by atoms with Crippen LogP contribution in [0.4, 0.5) is 8.78 Å². The number of hydrogen-bond donors (Lipinski definition) is 1. The van der Waals surface area contributed by atoms with Gasteiger partial charge in [0.25, 0.3) is 0 Å². The van der Waals surface area contributed by atoms with Crippen LogP contribution < -0.4 is 5.32 Å². The van der Waals surface area contributed by atoms with Gasteiger partial charge < -0.3 is 5.32 Å². The molecule has 0 aromatic heterocycles. The van der Waals surface area contributed by atoms with E-state index in [4.69, 9.17) is 0 Å². The first-order chi connectivity index (χ1) is 12.6. The molecule has 1 N–H and O–H groups in total. The van der Waals surface area contributed by atoms with Crippen molar-refractivity contribution < 1.29 is 13.6 Å². The number of nitrogens with one attached hydrogen (secondary N) is 1. The van der Waals surface area contributed by atoms with Gasteiger partial charge in [-0.2, -0.15) is 5.26 Å². The lowest BCUT2D eigenvalue weighted by molar-refractivity contribution is -0.116. The van der Waals surface area contributed by atoms with Crippen LogP contribution in [0.1, 0.15) is 17.2 Å². The molecule has 0 aliphatic heterocycles. The molecule has 128 valence electrons. The molecule has 3 aromatic rings. The second-order valence-corrected chi connectivity index (χ2v) is 5.64. The zero-order valence-corrected chi connectivity index (χ0v) is 13.6. The van der Waals surface area contributed by atoms with E-state index in [0.717, 1.165) is 28.5 Å². The van der Waals surface area contributed by atoms with Gasteiger partial charge in [-0.3, -0.25) is 4.79 Å². The number of hydrogen-bond acceptors (Lipinski definition) is 2. The molecule has 0 spiro atoms. The number of carbonyl (C=O) groups is 1. The molecule has 0 saturated heterocycles. The molecular weight excluding hydrogens is 334 g/mol. The Morgan fingerprint density at radius 2 is 1.85 bits per heavy atom. The summed E-state index contributed by atoms with van der Waals surface area (Å²) in [6, 6.07) is 16.9. The van der Waals surface area contributed by atoms with Crippen LogP contribution in [0.3, 0.4) is 0 Å². The first-order valence-corrected chi connectivity index (χ1v) is 7.89. The summed E-state index contributed by atoms with van der Waals surface area (Å²) in [5.41, 5.74) is 0.764. The quantitative estimate of drug-likeness (QED) is 0.705. The molecule has 0 aliphatic carbocycles. The van der Waals surface area contributed by atoms with E-state index in [-0.39, 0.29) is 5.56 Å². The predicted molar refractivity (Wildman–Crippen MR) is 95.8 cm³/mol. The molecule has 0 radical (unpaired) electrons. The average molecular weight is 348 g/mol. The monoisotopic (exact) mass is 348 g/mol. The summed E-state index contributed by atoms with van der Waals surface area (Å²) in [4.78, 5) is 12.1. The summed E-state index contributed by atoms with van der Waals surface area (Å²) < 4.78 is 26.8. The van der Waals surface area contributed by atoms with Crippen LogP contribution in [0.15, 0.2) is 66.7 Å². The van der Waals surface area contributed by atoms with Crippen molar-refractivity contribution in [3.8, 4) is 6.07 Å². The fraction of sp³-hybridized carbons (Fsp3) is 0.0476. The predicted octanol–water partition coefficient (Wildman–Crippen LogP) is 4.51. The second-order valence-electron chi connectivity index (χ2n) is 5.64. The van der Waals surface area contributed by atoms with Crippen molar-refractivity contribution in [2.75, 3.05) is 0 Å². The van der Waals surface area contributed by atoms with Gasteiger partial charge in [0.2, 0.25) is 5.91 Å². The van der Waals surface area contributed by atoms with Gasteiger partial charge in [0.05, 0.1) is 6.07 Å². The van der Waals surface area contributed by atoms with Crippen molar-refractivity contribution >= 4 is 22.8 Å². The van der Waals surface area contributed by atoms with Gasteiger partial charge >= 0.3 is 0 Å². The van der Waals surface area contributed by atoms with Crippen LogP contribution in [0.5, 0.6) is 0 Å². The molecule has 3 nitrogen and oxygen atoms in total. The van der Waals surface area contributed by atoms with Gasteiger partial charge in [0.1, 0.15) is 17.7 Å². The Balaban J connectivity index is 1.79. The molecule has 1 amide bonds. The van der Waals surface area contributed by atoms with E-state index in [1.807, 2.05) is 48.5 Å². The van der Waals surface area contributed by atoms with Crippen LogP contribution in [0.2, 0.25) is 0 Å². The van der Waals surface area contributed by atoms with Gasteiger partial charge in [0.15, 0.2) is 0 Å². The molecule has 5 heteroatoms. The number of halogens is 2. The van der Waals surface area contributed by atoms with Crippen LogP contribution in [0, 0.1) is 23.0 Å². The first kappa shape index (κ1) is 17.3. The average Bonchev–Trinajstić information content (AvgIpc) is 2.65. The van der Waals surface area contributed by atoms with Crippen LogP contribution in [-0.2, 0) is 4.79 Å². The summed E-state index contributed by atoms with van der Waals surface area (Å²) in [7, 11) is 0. The van der Waals surface area contributed by atoms with E-state index in [1.165, 1.54) is 6.08 Å². The first-order valence-electron chi connectivity index (χ1n) is 7.89. The largest absolute Gasteiger partial charge is 0.333 e. The molecule has 3 aromatic carbocycles. The number of benzene rings is 3. The highest BCUT2D eigenvalue weighted by Crippen LogP contribution is 2.20. The van der Waals surface area contributed by atoms with Crippen molar-refractivity contribution in [2.45, 2.75) is 6.04 Å². The van der Waals surface area contributed by atoms with Gasteiger partial charge in [-0.1, -0.05) is 48.5 Å². The minimum atomic E-state index is -1.21. The van der Waals surface area contributed by atoms with E-state index >= 15 is 0 Å². The lowest BCUT2D eigenvalue weighted by Crippen LogP contribution is -2.26. The molecular formula is C21H14F2N2O. The van der Waals surface area contributed by atoms with Crippen LogP contribution in [0.25, 0.3) is 16.8 Å². The summed E-state index contributed by atoms with van der Waals surface area (Å²) in [6.45, 7) is 0. The van der Waals surface area contributed by atoms with Gasteiger partial charge in [-0.25, -0.2) is 8.78 Å². The molecule has 0 bridgehead atoms. The molecule has 26 heavy (non-hydrogen) atoms. The van der Waals surface area contributed by atoms with Gasteiger partial charge in [-0.05, 0) is 28.5 Å². The van der Waals surface area contributed by atoms with Crippen molar-refractivity contribution in [2.24, 2.45) is 0 Å². The summed E-state index contributed by atoms with van der Waals surface area (Å²) >= 11 is 0.